The van der Waals surface area contributed by atoms with Crippen LogP contribution in [0.4, 0.5) is 13.2 Å². The standard InChI is InChI=1S/C17H18ClF3O4/c1-3-4-5-6-24-14-9(2)13-10(8-12(14)18)7-11(16(22)23)15(25-13)17(19,20)21/h7-8,15H,3-6H2,1-2H3,(H,22,23)/t15-/m0/s1. The molecule has 1 N–H and O–H groups in total. The number of fused-ring (bicyclic) bond motifs is 1. The highest BCUT2D eigenvalue weighted by Gasteiger charge is 2.48. The van der Waals surface area contributed by atoms with Crippen molar-refractivity contribution in [2.45, 2.75) is 45.4 Å². The first-order chi connectivity index (χ1) is 11.7. The second-order valence-electron chi connectivity index (χ2n) is 5.73. The molecule has 0 unspecified atom stereocenters. The second-order valence-corrected chi connectivity index (χ2v) is 6.14. The van der Waals surface area contributed by atoms with Gasteiger partial charge in [0.05, 0.1) is 17.2 Å². The number of carboxylic acid groups (broad SMARTS) is 1. The Morgan fingerprint density at radius 1 is 1.40 bits per heavy atom. The predicted octanol–water partition coefficient (Wildman–Crippen LogP) is 5.01. The smallest absolute Gasteiger partial charge is 0.430 e. The maximum atomic E-state index is 13.2. The molecule has 1 aromatic carbocycles. The molecule has 138 valence electrons. The van der Waals surface area contributed by atoms with E-state index in [-0.39, 0.29) is 22.1 Å². The number of halogens is 4. The topological polar surface area (TPSA) is 55.8 Å². The fourth-order valence-corrected chi connectivity index (χ4v) is 2.89. The maximum absolute atomic E-state index is 13.2. The number of hydrogen-bond donors (Lipinski definition) is 1. The second kappa shape index (κ2) is 7.56. The summed E-state index contributed by atoms with van der Waals surface area (Å²) in [5, 5.41) is 9.25. The van der Waals surface area contributed by atoms with Gasteiger partial charge in [0, 0.05) is 11.1 Å². The van der Waals surface area contributed by atoms with Crippen molar-refractivity contribution in [3.63, 3.8) is 0 Å². The van der Waals surface area contributed by atoms with Gasteiger partial charge in [0.15, 0.2) is 0 Å². The van der Waals surface area contributed by atoms with E-state index in [2.05, 4.69) is 0 Å². The number of carbonyl (C=O) groups is 1. The number of carboxylic acids is 1. The van der Waals surface area contributed by atoms with Crippen molar-refractivity contribution in [2.24, 2.45) is 0 Å². The predicted molar refractivity (Wildman–Crippen MR) is 87.3 cm³/mol. The minimum atomic E-state index is -4.85. The van der Waals surface area contributed by atoms with Gasteiger partial charge < -0.3 is 14.6 Å². The van der Waals surface area contributed by atoms with E-state index in [1.165, 1.54) is 13.0 Å². The van der Waals surface area contributed by atoms with Gasteiger partial charge in [0.2, 0.25) is 6.10 Å². The van der Waals surface area contributed by atoms with E-state index < -0.39 is 23.8 Å². The summed E-state index contributed by atoms with van der Waals surface area (Å²) < 4.78 is 50.1. The Labute approximate surface area is 148 Å². The SMILES string of the molecule is CCCCCOc1c(Cl)cc2c(c1C)O[C@H](C(F)(F)F)C(C(=O)O)=C2. The Balaban J connectivity index is 2.42. The summed E-state index contributed by atoms with van der Waals surface area (Å²) in [5.41, 5.74) is -0.387. The van der Waals surface area contributed by atoms with E-state index in [0.717, 1.165) is 25.3 Å². The van der Waals surface area contributed by atoms with Crippen LogP contribution in [-0.2, 0) is 4.79 Å². The molecule has 1 heterocycles. The van der Waals surface area contributed by atoms with Gasteiger partial charge in [-0.05, 0) is 25.5 Å². The Morgan fingerprint density at radius 2 is 2.08 bits per heavy atom. The normalized spacial score (nSPS) is 16.7. The molecule has 25 heavy (non-hydrogen) atoms. The van der Waals surface area contributed by atoms with Crippen LogP contribution in [0, 0.1) is 6.92 Å². The zero-order chi connectivity index (χ0) is 18.8. The molecule has 1 aliphatic heterocycles. The Bertz CT molecular complexity index is 698. The highest BCUT2D eigenvalue weighted by atomic mass is 35.5. The van der Waals surface area contributed by atoms with Crippen LogP contribution in [0.1, 0.15) is 37.3 Å². The highest BCUT2D eigenvalue weighted by molar-refractivity contribution is 6.32. The first kappa shape index (κ1) is 19.4. The molecule has 1 aliphatic rings. The highest BCUT2D eigenvalue weighted by Crippen LogP contribution is 2.44. The van der Waals surface area contributed by atoms with Crippen LogP contribution in [0.15, 0.2) is 11.6 Å². The molecule has 0 radical (unpaired) electrons. The summed E-state index contributed by atoms with van der Waals surface area (Å²) >= 11 is 6.15. The van der Waals surface area contributed by atoms with E-state index in [1.54, 1.807) is 0 Å². The van der Waals surface area contributed by atoms with Crippen LogP contribution in [0.25, 0.3) is 6.08 Å². The summed E-state index contributed by atoms with van der Waals surface area (Å²) in [5.74, 6) is -1.51. The molecule has 0 spiro atoms. The molecule has 1 atom stereocenters. The molecular formula is C17H18ClF3O4. The van der Waals surface area contributed by atoms with Gasteiger partial charge in [0.1, 0.15) is 11.5 Å². The molecular weight excluding hydrogens is 361 g/mol. The number of hydrogen-bond acceptors (Lipinski definition) is 3. The quantitative estimate of drug-likeness (QED) is 0.707. The number of benzene rings is 1. The lowest BCUT2D eigenvalue weighted by Crippen LogP contribution is -2.40. The van der Waals surface area contributed by atoms with Crippen LogP contribution in [-0.4, -0.2) is 30.0 Å². The molecule has 1 aromatic rings. The van der Waals surface area contributed by atoms with Crippen molar-refractivity contribution >= 4 is 23.6 Å². The van der Waals surface area contributed by atoms with Gasteiger partial charge in [-0.15, -0.1) is 0 Å². The van der Waals surface area contributed by atoms with Gasteiger partial charge in [0.25, 0.3) is 0 Å². The minimum absolute atomic E-state index is 0.0674. The van der Waals surface area contributed by atoms with Gasteiger partial charge in [-0.25, -0.2) is 4.79 Å². The van der Waals surface area contributed by atoms with Crippen LogP contribution in [0.3, 0.4) is 0 Å². The summed E-state index contributed by atoms with van der Waals surface area (Å²) in [6.45, 7) is 3.95. The Kier molecular flexibility index (Phi) is 5.87. The lowest BCUT2D eigenvalue weighted by atomic mass is 9.98. The van der Waals surface area contributed by atoms with Crippen molar-refractivity contribution in [1.29, 1.82) is 0 Å². The molecule has 0 fully saturated rings. The van der Waals surface area contributed by atoms with Gasteiger partial charge in [-0.2, -0.15) is 13.2 Å². The number of unbranched alkanes of at least 4 members (excludes halogenated alkanes) is 2. The van der Waals surface area contributed by atoms with Gasteiger partial charge in [-0.3, -0.25) is 0 Å². The average molecular weight is 379 g/mol. The zero-order valence-electron chi connectivity index (χ0n) is 13.7. The monoisotopic (exact) mass is 378 g/mol. The Hall–Kier alpha value is -1.89. The first-order valence-corrected chi connectivity index (χ1v) is 8.18. The van der Waals surface area contributed by atoms with Crippen LogP contribution in [0.5, 0.6) is 11.5 Å². The van der Waals surface area contributed by atoms with E-state index >= 15 is 0 Å². The molecule has 0 amide bonds. The number of aliphatic carboxylic acids is 1. The van der Waals surface area contributed by atoms with E-state index in [4.69, 9.17) is 26.2 Å². The molecule has 0 saturated heterocycles. The molecule has 0 aliphatic carbocycles. The minimum Gasteiger partial charge on any atom is -0.492 e. The van der Waals surface area contributed by atoms with Crippen molar-refractivity contribution in [3.8, 4) is 11.5 Å². The average Bonchev–Trinajstić information content (AvgIpc) is 2.52. The van der Waals surface area contributed by atoms with Crippen LogP contribution >= 0.6 is 11.6 Å². The van der Waals surface area contributed by atoms with Gasteiger partial charge in [-0.1, -0.05) is 31.4 Å². The molecule has 2 rings (SSSR count). The van der Waals surface area contributed by atoms with E-state index in [9.17, 15) is 18.0 Å². The molecule has 0 bridgehead atoms. The number of rotatable bonds is 6. The third-order valence-corrected chi connectivity index (χ3v) is 4.09. The molecule has 8 heteroatoms. The third kappa shape index (κ3) is 4.21. The largest absolute Gasteiger partial charge is 0.492 e. The fourth-order valence-electron chi connectivity index (χ4n) is 2.58. The third-order valence-electron chi connectivity index (χ3n) is 3.81. The van der Waals surface area contributed by atoms with Crippen molar-refractivity contribution < 1.29 is 32.5 Å². The maximum Gasteiger partial charge on any atom is 0.430 e. The summed E-state index contributed by atoms with van der Waals surface area (Å²) in [4.78, 5) is 11.2. The van der Waals surface area contributed by atoms with E-state index in [1.807, 2.05) is 6.92 Å². The number of ether oxygens (including phenoxy) is 2. The number of alkyl halides is 3. The molecule has 0 saturated carbocycles. The summed E-state index contributed by atoms with van der Waals surface area (Å²) in [7, 11) is 0. The molecule has 4 nitrogen and oxygen atoms in total. The Morgan fingerprint density at radius 3 is 2.64 bits per heavy atom. The van der Waals surface area contributed by atoms with E-state index in [0.29, 0.717) is 12.2 Å². The van der Waals surface area contributed by atoms with Crippen molar-refractivity contribution in [3.05, 3.63) is 27.8 Å². The zero-order valence-corrected chi connectivity index (χ0v) is 14.5. The fraction of sp³-hybridized carbons (Fsp3) is 0.471. The van der Waals surface area contributed by atoms with Gasteiger partial charge >= 0.3 is 12.1 Å². The lowest BCUT2D eigenvalue weighted by Gasteiger charge is -2.29. The van der Waals surface area contributed by atoms with Crippen molar-refractivity contribution in [1.82, 2.24) is 0 Å². The van der Waals surface area contributed by atoms with Crippen LogP contribution < -0.4 is 9.47 Å². The lowest BCUT2D eigenvalue weighted by molar-refractivity contribution is -0.187. The summed E-state index contributed by atoms with van der Waals surface area (Å²) in [6, 6.07) is 1.36. The molecule has 0 aromatic heterocycles. The first-order valence-electron chi connectivity index (χ1n) is 7.81. The summed E-state index contributed by atoms with van der Waals surface area (Å²) in [6.07, 6.45) is -3.70. The van der Waals surface area contributed by atoms with Crippen molar-refractivity contribution in [2.75, 3.05) is 6.61 Å². The van der Waals surface area contributed by atoms with Crippen LogP contribution in [0.2, 0.25) is 5.02 Å².